The summed E-state index contributed by atoms with van der Waals surface area (Å²) in [6.45, 7) is 14.5. The van der Waals surface area contributed by atoms with Crippen molar-refractivity contribution in [3.8, 4) is 17.0 Å². The van der Waals surface area contributed by atoms with Crippen LogP contribution in [0.2, 0.25) is 0 Å². The summed E-state index contributed by atoms with van der Waals surface area (Å²) in [6.07, 6.45) is 11.5. The van der Waals surface area contributed by atoms with Gasteiger partial charge in [-0.2, -0.15) is 0 Å². The Kier molecular flexibility index (Phi) is 9.09. The quantitative estimate of drug-likeness (QED) is 0.201. The van der Waals surface area contributed by atoms with E-state index in [-0.39, 0.29) is 41.5 Å². The molecule has 5 fully saturated rings. The number of ether oxygens (including phenoxy) is 2. The van der Waals surface area contributed by atoms with Gasteiger partial charge in [-0.05, 0) is 120 Å². The Hall–Kier alpha value is -4.06. The third-order valence-electron chi connectivity index (χ3n) is 14.0. The number of carbonyl (C=O) groups is 4. The molecule has 0 bridgehead atoms. The van der Waals surface area contributed by atoms with E-state index in [1.807, 2.05) is 0 Å². The highest BCUT2D eigenvalue weighted by Crippen LogP contribution is 2.66. The molecule has 6 aliphatic rings. The van der Waals surface area contributed by atoms with Gasteiger partial charge in [0.2, 0.25) is 5.91 Å². The summed E-state index contributed by atoms with van der Waals surface area (Å²) in [4.78, 5) is 52.8. The predicted molar refractivity (Wildman–Crippen MR) is 202 cm³/mol. The summed E-state index contributed by atoms with van der Waals surface area (Å²) in [7, 11) is 0. The first-order chi connectivity index (χ1) is 25.6. The van der Waals surface area contributed by atoms with Gasteiger partial charge in [0.15, 0.2) is 0 Å². The monoisotopic (exact) mass is 757 g/mol. The first-order valence-electron chi connectivity index (χ1n) is 19.4. The molecule has 0 spiro atoms. The fourth-order valence-corrected chi connectivity index (χ4v) is 12.8. The summed E-state index contributed by atoms with van der Waals surface area (Å²) in [5.41, 5.74) is 4.32. The molecular formula is C42H51N3O8S. The van der Waals surface area contributed by atoms with Crippen LogP contribution in [0.5, 0.6) is 5.75 Å². The maximum Gasteiger partial charge on any atom is 0.327 e. The Labute approximate surface area is 320 Å². The number of aromatic nitrogens is 1. The lowest BCUT2D eigenvalue weighted by Gasteiger charge is -2.58. The number of allylic oxidation sites excluding steroid dienone is 3. The Balaban J connectivity index is 0.842. The smallest absolute Gasteiger partial charge is 0.327 e. The Morgan fingerprint density at radius 2 is 1.81 bits per heavy atom. The average Bonchev–Trinajstić information content (AvgIpc) is 3.76. The number of nitrogens with zero attached hydrogens (tertiary/aromatic N) is 2. The van der Waals surface area contributed by atoms with Gasteiger partial charge in [-0.3, -0.25) is 14.4 Å². The third-order valence-corrected chi connectivity index (χ3v) is 15.6. The number of carboxylic acid groups (broad SMARTS) is 1. The maximum absolute atomic E-state index is 13.5. The van der Waals surface area contributed by atoms with Gasteiger partial charge in [0.25, 0.3) is 5.91 Å². The van der Waals surface area contributed by atoms with Crippen molar-refractivity contribution in [1.29, 1.82) is 0 Å². The lowest BCUT2D eigenvalue weighted by molar-refractivity contribution is -0.160. The number of benzene rings is 1. The minimum Gasteiger partial charge on any atom is -0.493 e. The largest absolute Gasteiger partial charge is 0.493 e. The minimum atomic E-state index is -1.07. The summed E-state index contributed by atoms with van der Waals surface area (Å²) in [5, 5.41) is 16.2. The van der Waals surface area contributed by atoms with Crippen LogP contribution < -0.4 is 10.1 Å². The SMILES string of the molecule is C=C1C=C2CCC3C(CCC4(C)C(OC(=O)CCOc5ccc(-c6noc(C)c6C(=O)NC6C(=O)N7C6SC(C)(C)C7C(=O)O)cc5)CCC34)C2(C)CC1. The number of fused-ring (bicyclic) bond motifs is 6. The van der Waals surface area contributed by atoms with Crippen molar-refractivity contribution in [2.45, 2.75) is 121 Å². The number of hydrogen-bond acceptors (Lipinski definition) is 9. The fourth-order valence-electron chi connectivity index (χ4n) is 11.2. The molecule has 11 nitrogen and oxygen atoms in total. The van der Waals surface area contributed by atoms with E-state index < -0.39 is 40.0 Å². The molecule has 2 amide bonds. The molecule has 3 heterocycles. The molecule has 2 saturated heterocycles. The summed E-state index contributed by atoms with van der Waals surface area (Å²) in [5.74, 6) is 0.576. The molecule has 4 aliphatic carbocycles. The zero-order valence-corrected chi connectivity index (χ0v) is 32.6. The standard InChI is InChI=1S/C42H51N3O8S/c1-22-15-18-41(5)25(21-22)9-12-27-28-13-14-30(42(28,6)19-16-29(27)41)52-31(46)17-20-51-26-10-7-24(8-11-26)33-32(23(2)53-44-33)36(47)43-34-37(48)45-35(39(49)50)40(3,4)54-38(34)45/h7-8,10-11,21,27-30,34-35,38H,1,9,12-20H2,2-6H3,(H,43,47)(H,49,50). The molecular weight excluding hydrogens is 707 g/mol. The normalized spacial score (nSPS) is 34.8. The van der Waals surface area contributed by atoms with Crippen LogP contribution in [0.3, 0.4) is 0 Å². The number of thioether (sulfide) groups is 1. The molecule has 8 rings (SSSR count). The molecule has 1 aromatic carbocycles. The lowest BCUT2D eigenvalue weighted by atomic mass is 9.47. The van der Waals surface area contributed by atoms with Gasteiger partial charge in [-0.1, -0.05) is 42.8 Å². The van der Waals surface area contributed by atoms with Gasteiger partial charge in [0.05, 0.1) is 13.0 Å². The second-order valence-electron chi connectivity index (χ2n) is 17.4. The zero-order valence-electron chi connectivity index (χ0n) is 31.8. The first kappa shape index (κ1) is 36.9. The molecule has 288 valence electrons. The van der Waals surface area contributed by atoms with Crippen molar-refractivity contribution in [2.75, 3.05) is 6.61 Å². The Bertz CT molecular complexity index is 1940. The van der Waals surface area contributed by atoms with Gasteiger partial charge in [-0.25, -0.2) is 4.79 Å². The fraction of sp³-hybridized carbons (Fsp3) is 0.595. The second kappa shape index (κ2) is 13.3. The molecule has 0 radical (unpaired) electrons. The van der Waals surface area contributed by atoms with Crippen LogP contribution in [-0.2, 0) is 19.1 Å². The molecule has 2 N–H and O–H groups in total. The number of nitrogens with one attached hydrogen (secondary N) is 1. The number of amides is 2. The summed E-state index contributed by atoms with van der Waals surface area (Å²) in [6, 6.07) is 5.19. The van der Waals surface area contributed by atoms with E-state index in [2.05, 4.69) is 37.0 Å². The van der Waals surface area contributed by atoms with Crippen LogP contribution in [0.25, 0.3) is 11.3 Å². The van der Waals surface area contributed by atoms with Gasteiger partial charge in [-0.15, -0.1) is 11.8 Å². The molecule has 54 heavy (non-hydrogen) atoms. The molecule has 9 unspecified atom stereocenters. The Morgan fingerprint density at radius 1 is 1.06 bits per heavy atom. The average molecular weight is 758 g/mol. The number of rotatable bonds is 9. The van der Waals surface area contributed by atoms with Crippen LogP contribution >= 0.6 is 11.8 Å². The maximum atomic E-state index is 13.5. The van der Waals surface area contributed by atoms with Crippen LogP contribution in [0.15, 0.2) is 52.6 Å². The number of esters is 1. The molecule has 2 aliphatic heterocycles. The van der Waals surface area contributed by atoms with Crippen molar-refractivity contribution in [1.82, 2.24) is 15.4 Å². The summed E-state index contributed by atoms with van der Waals surface area (Å²) < 4.78 is 16.8. The van der Waals surface area contributed by atoms with E-state index in [0.29, 0.717) is 40.5 Å². The highest BCUT2D eigenvalue weighted by atomic mass is 32.2. The van der Waals surface area contributed by atoms with Crippen LogP contribution in [0.4, 0.5) is 0 Å². The van der Waals surface area contributed by atoms with E-state index in [1.54, 1.807) is 50.6 Å². The minimum absolute atomic E-state index is 0.0160. The van der Waals surface area contributed by atoms with E-state index in [1.165, 1.54) is 47.9 Å². The number of aliphatic carboxylic acids is 1. The second-order valence-corrected chi connectivity index (χ2v) is 19.2. The van der Waals surface area contributed by atoms with Crippen LogP contribution in [-0.4, -0.2) is 73.8 Å². The van der Waals surface area contributed by atoms with E-state index in [0.717, 1.165) is 25.7 Å². The van der Waals surface area contributed by atoms with Crippen LogP contribution in [0.1, 0.15) is 102 Å². The van der Waals surface area contributed by atoms with Crippen molar-refractivity contribution in [3.63, 3.8) is 0 Å². The van der Waals surface area contributed by atoms with Gasteiger partial charge < -0.3 is 29.3 Å². The summed E-state index contributed by atoms with van der Waals surface area (Å²) >= 11 is 1.36. The Morgan fingerprint density at radius 3 is 2.56 bits per heavy atom. The highest BCUT2D eigenvalue weighted by molar-refractivity contribution is 8.01. The van der Waals surface area contributed by atoms with Gasteiger partial charge in [0, 0.05) is 15.7 Å². The number of hydrogen-bond donors (Lipinski definition) is 2. The van der Waals surface area contributed by atoms with Crippen LogP contribution in [0, 0.1) is 35.5 Å². The van der Waals surface area contributed by atoms with Gasteiger partial charge in [0.1, 0.15) is 46.3 Å². The van der Waals surface area contributed by atoms with E-state index in [4.69, 9.17) is 14.0 Å². The predicted octanol–water partition coefficient (Wildman–Crippen LogP) is 7.10. The highest BCUT2D eigenvalue weighted by Gasteiger charge is 2.64. The van der Waals surface area contributed by atoms with E-state index in [9.17, 15) is 24.3 Å². The first-order valence-corrected chi connectivity index (χ1v) is 20.3. The van der Waals surface area contributed by atoms with Crippen molar-refractivity contribution >= 4 is 35.5 Å². The van der Waals surface area contributed by atoms with Gasteiger partial charge >= 0.3 is 11.9 Å². The lowest BCUT2D eigenvalue weighted by Crippen LogP contribution is -2.70. The van der Waals surface area contributed by atoms with Crippen molar-refractivity contribution < 1.29 is 38.3 Å². The molecule has 12 heteroatoms. The topological polar surface area (TPSA) is 148 Å². The number of carboxylic acids is 1. The molecule has 1 aromatic heterocycles. The van der Waals surface area contributed by atoms with Crippen molar-refractivity contribution in [2.24, 2.45) is 28.6 Å². The third kappa shape index (κ3) is 5.89. The zero-order chi connectivity index (χ0) is 38.3. The molecule has 9 atom stereocenters. The molecule has 2 aromatic rings. The number of aryl methyl sites for hydroxylation is 1. The van der Waals surface area contributed by atoms with Crippen molar-refractivity contribution in [3.05, 3.63) is 59.4 Å². The molecule has 3 saturated carbocycles. The number of carbonyl (C=O) groups excluding carboxylic acids is 3. The van der Waals surface area contributed by atoms with E-state index >= 15 is 0 Å². The number of β-lactam (4-membered cyclic amide) rings is 1.